The number of hydrogen-bond donors (Lipinski definition) is 1. The normalized spacial score (nSPS) is 9.30. The van der Waals surface area contributed by atoms with E-state index in [4.69, 9.17) is 5.73 Å². The number of aromatic nitrogens is 1. The quantitative estimate of drug-likeness (QED) is 0.549. The number of aldehydes is 1. The van der Waals surface area contributed by atoms with E-state index in [1.165, 1.54) is 6.07 Å². The van der Waals surface area contributed by atoms with Gasteiger partial charge in [-0.05, 0) is 28.1 Å². The summed E-state index contributed by atoms with van der Waals surface area (Å²) in [7, 11) is 0. The van der Waals surface area contributed by atoms with Gasteiger partial charge in [0.05, 0.1) is 0 Å². The first-order valence-corrected chi connectivity index (χ1v) is 3.40. The Balaban J connectivity index is 3.18. The first-order chi connectivity index (χ1) is 4.72. The van der Waals surface area contributed by atoms with E-state index in [0.29, 0.717) is 16.0 Å². The predicted molar refractivity (Wildman–Crippen MR) is 41.7 cm³/mol. The highest BCUT2D eigenvalue weighted by Gasteiger charge is 1.94. The summed E-state index contributed by atoms with van der Waals surface area (Å²) in [5.41, 5.74) is 5.86. The summed E-state index contributed by atoms with van der Waals surface area (Å²) in [6.45, 7) is 0. The zero-order valence-electron chi connectivity index (χ0n) is 5.04. The highest BCUT2D eigenvalue weighted by molar-refractivity contribution is 9.10. The minimum atomic E-state index is 0.344. The van der Waals surface area contributed by atoms with Crippen molar-refractivity contribution in [2.24, 2.45) is 0 Å². The molecule has 0 saturated carbocycles. The first kappa shape index (κ1) is 7.21. The van der Waals surface area contributed by atoms with Crippen LogP contribution in [0.2, 0.25) is 0 Å². The van der Waals surface area contributed by atoms with E-state index in [9.17, 15) is 4.79 Å². The summed E-state index contributed by atoms with van der Waals surface area (Å²) in [4.78, 5) is 14.0. The van der Waals surface area contributed by atoms with Crippen LogP contribution in [-0.2, 0) is 0 Å². The third-order valence-corrected chi connectivity index (χ3v) is 1.38. The van der Waals surface area contributed by atoms with E-state index in [0.717, 1.165) is 6.29 Å². The minimum Gasteiger partial charge on any atom is -0.384 e. The van der Waals surface area contributed by atoms with Crippen LogP contribution in [0.15, 0.2) is 16.7 Å². The molecule has 3 nitrogen and oxygen atoms in total. The van der Waals surface area contributed by atoms with Gasteiger partial charge in [-0.2, -0.15) is 0 Å². The predicted octanol–water partition coefficient (Wildman–Crippen LogP) is 1.24. The number of rotatable bonds is 1. The Hall–Kier alpha value is -0.900. The molecule has 0 fully saturated rings. The molecule has 0 aromatic carbocycles. The van der Waals surface area contributed by atoms with E-state index >= 15 is 0 Å². The first-order valence-electron chi connectivity index (χ1n) is 2.60. The number of halogens is 1. The minimum absolute atomic E-state index is 0.344. The number of carbonyl (C=O) groups excluding carboxylic acids is 1. The average Bonchev–Trinajstić information content (AvgIpc) is 1.85. The van der Waals surface area contributed by atoms with Crippen molar-refractivity contribution in [3.63, 3.8) is 0 Å². The Kier molecular flexibility index (Phi) is 2.01. The maximum atomic E-state index is 10.2. The molecule has 4 heteroatoms. The second kappa shape index (κ2) is 2.79. The summed E-state index contributed by atoms with van der Waals surface area (Å²) >= 11 is 3.10. The largest absolute Gasteiger partial charge is 0.384 e. The lowest BCUT2D eigenvalue weighted by Gasteiger charge is -1.94. The fraction of sp³-hybridized carbons (Fsp3) is 0. The van der Waals surface area contributed by atoms with Crippen molar-refractivity contribution in [1.82, 2.24) is 4.98 Å². The number of carbonyl (C=O) groups is 1. The van der Waals surface area contributed by atoms with Crippen molar-refractivity contribution in [2.45, 2.75) is 0 Å². The summed E-state index contributed by atoms with van der Waals surface area (Å²) in [6.07, 6.45) is 0.725. The van der Waals surface area contributed by atoms with Crippen LogP contribution in [0.3, 0.4) is 0 Å². The fourth-order valence-electron chi connectivity index (χ4n) is 0.606. The number of anilines is 1. The van der Waals surface area contributed by atoms with E-state index < -0.39 is 0 Å². The molecule has 1 aromatic heterocycles. The van der Waals surface area contributed by atoms with E-state index in [-0.39, 0.29) is 0 Å². The maximum Gasteiger partial charge on any atom is 0.150 e. The second-order valence-electron chi connectivity index (χ2n) is 1.77. The molecule has 0 unspecified atom stereocenters. The van der Waals surface area contributed by atoms with E-state index in [2.05, 4.69) is 20.9 Å². The van der Waals surface area contributed by atoms with Gasteiger partial charge < -0.3 is 5.73 Å². The summed E-state index contributed by atoms with van der Waals surface area (Å²) in [6, 6.07) is 3.11. The van der Waals surface area contributed by atoms with Crippen molar-refractivity contribution in [1.29, 1.82) is 0 Å². The Morgan fingerprint density at radius 2 is 2.30 bits per heavy atom. The molecule has 0 spiro atoms. The monoisotopic (exact) mass is 200 g/mol. The molecule has 0 aliphatic rings. The van der Waals surface area contributed by atoms with Gasteiger partial charge in [-0.15, -0.1) is 0 Å². The van der Waals surface area contributed by atoms with Gasteiger partial charge in [0, 0.05) is 5.56 Å². The summed E-state index contributed by atoms with van der Waals surface area (Å²) in [5.74, 6) is 0.344. The molecule has 1 aromatic rings. The fourth-order valence-corrected chi connectivity index (χ4v) is 1.07. The van der Waals surface area contributed by atoms with Gasteiger partial charge in [-0.1, -0.05) is 0 Å². The number of nitrogen functional groups attached to an aromatic ring is 1. The molecule has 0 amide bonds. The lowest BCUT2D eigenvalue weighted by molar-refractivity contribution is 0.112. The molecule has 0 aliphatic heterocycles. The van der Waals surface area contributed by atoms with Gasteiger partial charge >= 0.3 is 0 Å². The molecule has 0 radical (unpaired) electrons. The lowest BCUT2D eigenvalue weighted by Crippen LogP contribution is -1.92. The van der Waals surface area contributed by atoms with E-state index in [1.807, 2.05) is 0 Å². The third kappa shape index (κ3) is 1.54. The Morgan fingerprint density at radius 3 is 2.80 bits per heavy atom. The lowest BCUT2D eigenvalue weighted by atomic mass is 10.3. The van der Waals surface area contributed by atoms with Crippen LogP contribution in [0.25, 0.3) is 0 Å². The van der Waals surface area contributed by atoms with Gasteiger partial charge in [-0.25, -0.2) is 4.98 Å². The standard InChI is InChI=1S/C6H5BrN2O/c7-5-1-4(3-10)2-6(8)9-5/h1-3H,(H2,8,9). The number of nitrogens with two attached hydrogens (primary N) is 1. The molecule has 1 rings (SSSR count). The van der Waals surface area contributed by atoms with Crippen molar-refractivity contribution >= 4 is 28.0 Å². The van der Waals surface area contributed by atoms with Crippen LogP contribution in [0.5, 0.6) is 0 Å². The van der Waals surface area contributed by atoms with Gasteiger partial charge in [0.25, 0.3) is 0 Å². The van der Waals surface area contributed by atoms with E-state index in [1.54, 1.807) is 6.07 Å². The van der Waals surface area contributed by atoms with Crippen LogP contribution < -0.4 is 5.73 Å². The Morgan fingerprint density at radius 1 is 1.60 bits per heavy atom. The van der Waals surface area contributed by atoms with Crippen molar-refractivity contribution < 1.29 is 4.79 Å². The average molecular weight is 201 g/mol. The SMILES string of the molecule is Nc1cc(C=O)cc(Br)n1. The Bertz CT molecular complexity index is 242. The van der Waals surface area contributed by atoms with Crippen LogP contribution in [0, 0.1) is 0 Å². The molecule has 0 saturated heterocycles. The van der Waals surface area contributed by atoms with Gasteiger partial charge in [-0.3, -0.25) is 4.79 Å². The topological polar surface area (TPSA) is 56.0 Å². The highest BCUT2D eigenvalue weighted by Crippen LogP contribution is 2.10. The van der Waals surface area contributed by atoms with Crippen LogP contribution in [-0.4, -0.2) is 11.3 Å². The molecular formula is C6H5BrN2O. The van der Waals surface area contributed by atoms with Crippen LogP contribution >= 0.6 is 15.9 Å². The number of pyridine rings is 1. The van der Waals surface area contributed by atoms with Crippen molar-refractivity contribution in [2.75, 3.05) is 5.73 Å². The third-order valence-electron chi connectivity index (χ3n) is 0.972. The van der Waals surface area contributed by atoms with Crippen molar-refractivity contribution in [3.8, 4) is 0 Å². The van der Waals surface area contributed by atoms with Crippen LogP contribution in [0.1, 0.15) is 10.4 Å². The molecule has 52 valence electrons. The van der Waals surface area contributed by atoms with Gasteiger partial charge in [0.2, 0.25) is 0 Å². The van der Waals surface area contributed by atoms with Crippen LogP contribution in [0.4, 0.5) is 5.82 Å². The Labute approximate surface area is 66.4 Å². The van der Waals surface area contributed by atoms with Gasteiger partial charge in [0.15, 0.2) is 0 Å². The molecule has 2 N–H and O–H groups in total. The molecular weight excluding hydrogens is 196 g/mol. The zero-order valence-corrected chi connectivity index (χ0v) is 6.63. The molecule has 0 bridgehead atoms. The maximum absolute atomic E-state index is 10.2. The smallest absolute Gasteiger partial charge is 0.150 e. The van der Waals surface area contributed by atoms with Crippen molar-refractivity contribution in [3.05, 3.63) is 22.3 Å². The number of hydrogen-bond acceptors (Lipinski definition) is 3. The highest BCUT2D eigenvalue weighted by atomic mass is 79.9. The molecule has 0 aliphatic carbocycles. The zero-order chi connectivity index (χ0) is 7.56. The summed E-state index contributed by atoms with van der Waals surface area (Å²) < 4.78 is 0.578. The second-order valence-corrected chi connectivity index (χ2v) is 2.58. The number of nitrogens with zero attached hydrogens (tertiary/aromatic N) is 1. The summed E-state index contributed by atoms with van der Waals surface area (Å²) in [5, 5.41) is 0. The molecule has 0 atom stereocenters. The molecule has 1 heterocycles. The van der Waals surface area contributed by atoms with Gasteiger partial charge in [0.1, 0.15) is 16.7 Å². The molecule has 10 heavy (non-hydrogen) atoms.